The van der Waals surface area contributed by atoms with E-state index < -0.39 is 10.0 Å². The second-order valence-electron chi connectivity index (χ2n) is 9.30. The number of ether oxygens (including phenoxy) is 1. The minimum Gasteiger partial charge on any atom is -0.392 e. The molecule has 1 N–H and O–H groups in total. The molecule has 1 aliphatic carbocycles. The Balaban J connectivity index is 1.45. The van der Waals surface area contributed by atoms with E-state index >= 15 is 0 Å². The lowest BCUT2D eigenvalue weighted by Gasteiger charge is -2.56. The third-order valence-corrected chi connectivity index (χ3v) is 9.57. The molecular weight excluding hydrogens is 444 g/mol. The number of nitriles is 1. The van der Waals surface area contributed by atoms with Crippen LogP contribution in [0.15, 0.2) is 23.1 Å². The monoisotopic (exact) mass is 476 g/mol. The van der Waals surface area contributed by atoms with E-state index in [0.29, 0.717) is 50.3 Å². The number of piperidine rings is 1. The molecule has 0 aromatic heterocycles. The molecule has 0 radical (unpaired) electrons. The van der Waals surface area contributed by atoms with Crippen molar-refractivity contribution in [3.8, 4) is 6.07 Å². The van der Waals surface area contributed by atoms with Crippen LogP contribution in [0.3, 0.4) is 0 Å². The molecule has 1 saturated carbocycles. The van der Waals surface area contributed by atoms with Crippen molar-refractivity contribution < 1.29 is 23.1 Å². The standard InChI is InChI=1S/C23H32N4O5S/c1-25(12-13-27-9-3-4-22(27)29)33(30,31)18-5-6-19(17(14-18)16-24)26-10-7-23(8-11-26)20(28)15-21(23)32-2/h5-6,14,20-21,28H,3-4,7-13,15H2,1-2H3. The van der Waals surface area contributed by atoms with E-state index in [1.54, 1.807) is 24.1 Å². The molecule has 4 rings (SSSR count). The minimum absolute atomic E-state index is 0.0593. The molecule has 2 atom stereocenters. The maximum absolute atomic E-state index is 13.1. The highest BCUT2D eigenvalue weighted by Crippen LogP contribution is 2.51. The number of likely N-dealkylation sites (tertiary alicyclic amines) is 1. The summed E-state index contributed by atoms with van der Waals surface area (Å²) in [6, 6.07) is 6.83. The summed E-state index contributed by atoms with van der Waals surface area (Å²) in [6.45, 7) is 2.57. The van der Waals surface area contributed by atoms with Crippen molar-refractivity contribution >= 4 is 21.6 Å². The molecule has 1 aromatic carbocycles. The van der Waals surface area contributed by atoms with Gasteiger partial charge in [0.05, 0.1) is 28.4 Å². The number of hydrogen-bond donors (Lipinski definition) is 1. The molecule has 3 aliphatic rings. The Morgan fingerprint density at radius 2 is 2.03 bits per heavy atom. The maximum Gasteiger partial charge on any atom is 0.242 e. The maximum atomic E-state index is 13.1. The van der Waals surface area contributed by atoms with Crippen LogP contribution in [0.1, 0.15) is 37.7 Å². The van der Waals surface area contributed by atoms with Crippen LogP contribution < -0.4 is 4.90 Å². The first kappa shape index (κ1) is 24.0. The number of benzene rings is 1. The van der Waals surface area contributed by atoms with Gasteiger partial charge in [-0.25, -0.2) is 8.42 Å². The van der Waals surface area contributed by atoms with Crippen LogP contribution in [0.25, 0.3) is 0 Å². The van der Waals surface area contributed by atoms with E-state index in [2.05, 4.69) is 11.0 Å². The first-order valence-corrected chi connectivity index (χ1v) is 12.9. The number of carbonyl (C=O) groups is 1. The molecule has 0 bridgehead atoms. The third-order valence-electron chi connectivity index (χ3n) is 7.71. The molecule has 3 fully saturated rings. The summed E-state index contributed by atoms with van der Waals surface area (Å²) < 4.78 is 32.9. The molecule has 1 amide bonds. The van der Waals surface area contributed by atoms with E-state index in [-0.39, 0.29) is 35.0 Å². The molecule has 2 aliphatic heterocycles. The van der Waals surface area contributed by atoms with Crippen molar-refractivity contribution in [3.05, 3.63) is 23.8 Å². The fraction of sp³-hybridized carbons (Fsp3) is 0.652. The van der Waals surface area contributed by atoms with E-state index in [1.165, 1.54) is 17.4 Å². The smallest absolute Gasteiger partial charge is 0.242 e. The van der Waals surface area contributed by atoms with Gasteiger partial charge in [0.15, 0.2) is 0 Å². The van der Waals surface area contributed by atoms with Crippen molar-refractivity contribution in [2.45, 2.75) is 49.2 Å². The Morgan fingerprint density at radius 3 is 2.61 bits per heavy atom. The number of likely N-dealkylation sites (N-methyl/N-ethyl adjacent to an activating group) is 1. The van der Waals surface area contributed by atoms with Crippen LogP contribution >= 0.6 is 0 Å². The number of carbonyl (C=O) groups excluding carboxylic acids is 1. The zero-order chi connectivity index (χ0) is 23.8. The largest absolute Gasteiger partial charge is 0.392 e. The second kappa shape index (κ2) is 9.22. The average molecular weight is 477 g/mol. The van der Waals surface area contributed by atoms with Gasteiger partial charge in [-0.1, -0.05) is 0 Å². The minimum atomic E-state index is -3.78. The van der Waals surface area contributed by atoms with E-state index in [4.69, 9.17) is 4.74 Å². The zero-order valence-electron chi connectivity index (χ0n) is 19.2. The first-order valence-electron chi connectivity index (χ1n) is 11.5. The van der Waals surface area contributed by atoms with Gasteiger partial charge >= 0.3 is 0 Å². The average Bonchev–Trinajstić information content (AvgIpc) is 3.24. The van der Waals surface area contributed by atoms with Crippen LogP contribution in [-0.4, -0.2) is 87.7 Å². The van der Waals surface area contributed by atoms with E-state index in [9.17, 15) is 23.6 Å². The number of anilines is 1. The van der Waals surface area contributed by atoms with Crippen LogP contribution in [0.5, 0.6) is 0 Å². The Kier molecular flexibility index (Phi) is 6.69. The highest BCUT2D eigenvalue weighted by Gasteiger charge is 2.55. The molecule has 1 spiro atoms. The Bertz CT molecular complexity index is 1050. The Hall–Kier alpha value is -2.19. The normalized spacial score (nSPS) is 24.9. The van der Waals surface area contributed by atoms with Gasteiger partial charge in [0.2, 0.25) is 15.9 Å². The number of sulfonamides is 1. The van der Waals surface area contributed by atoms with Crippen molar-refractivity contribution in [2.24, 2.45) is 5.41 Å². The SMILES string of the molecule is COC1CC(O)C12CCN(c1ccc(S(=O)(=O)N(C)CCN3CCCC3=O)cc1C#N)CC2. The van der Waals surface area contributed by atoms with Crippen molar-refractivity contribution in [1.82, 2.24) is 9.21 Å². The van der Waals surface area contributed by atoms with Gasteiger partial charge in [-0.2, -0.15) is 9.57 Å². The first-order chi connectivity index (χ1) is 15.7. The molecule has 9 nitrogen and oxygen atoms in total. The zero-order valence-corrected chi connectivity index (χ0v) is 20.1. The summed E-state index contributed by atoms with van der Waals surface area (Å²) in [4.78, 5) is 15.6. The number of nitrogens with zero attached hydrogens (tertiary/aromatic N) is 4. The summed E-state index contributed by atoms with van der Waals surface area (Å²) in [5.74, 6) is 0.0615. The summed E-state index contributed by atoms with van der Waals surface area (Å²) in [5, 5.41) is 20.1. The van der Waals surface area contributed by atoms with E-state index in [0.717, 1.165) is 19.3 Å². The quantitative estimate of drug-likeness (QED) is 0.628. The number of aliphatic hydroxyl groups excluding tert-OH is 1. The van der Waals surface area contributed by atoms with Crippen LogP contribution in [0.4, 0.5) is 5.69 Å². The highest BCUT2D eigenvalue weighted by atomic mass is 32.2. The molecule has 10 heteroatoms. The highest BCUT2D eigenvalue weighted by molar-refractivity contribution is 7.89. The van der Waals surface area contributed by atoms with Gasteiger partial charge < -0.3 is 19.6 Å². The molecule has 1 aromatic rings. The summed E-state index contributed by atoms with van der Waals surface area (Å²) in [5.41, 5.74) is 0.799. The lowest BCUT2D eigenvalue weighted by Crippen LogP contribution is -2.62. The predicted octanol–water partition coefficient (Wildman–Crippen LogP) is 1.17. The number of aliphatic hydroxyl groups is 1. The van der Waals surface area contributed by atoms with Gasteiger partial charge in [0, 0.05) is 65.1 Å². The number of rotatable bonds is 7. The number of hydrogen-bond acceptors (Lipinski definition) is 7. The van der Waals surface area contributed by atoms with Gasteiger partial charge in [0.25, 0.3) is 0 Å². The summed E-state index contributed by atoms with van der Waals surface area (Å²) >= 11 is 0. The van der Waals surface area contributed by atoms with Crippen molar-refractivity contribution in [1.29, 1.82) is 5.26 Å². The molecule has 180 valence electrons. The predicted molar refractivity (Wildman–Crippen MR) is 122 cm³/mol. The van der Waals surface area contributed by atoms with Gasteiger partial charge in [-0.3, -0.25) is 4.79 Å². The fourth-order valence-corrected chi connectivity index (χ4v) is 6.61. The van der Waals surface area contributed by atoms with E-state index in [1.807, 2.05) is 0 Å². The van der Waals surface area contributed by atoms with Gasteiger partial charge in [0.1, 0.15) is 6.07 Å². The summed E-state index contributed by atoms with van der Waals surface area (Å²) in [7, 11) is -0.609. The third kappa shape index (κ3) is 4.23. The molecule has 2 unspecified atom stereocenters. The van der Waals surface area contributed by atoms with Crippen LogP contribution in [0, 0.1) is 16.7 Å². The van der Waals surface area contributed by atoms with Crippen LogP contribution in [0.2, 0.25) is 0 Å². The number of amides is 1. The van der Waals surface area contributed by atoms with Crippen LogP contribution in [-0.2, 0) is 19.6 Å². The Labute approximate surface area is 195 Å². The molecule has 33 heavy (non-hydrogen) atoms. The van der Waals surface area contributed by atoms with Gasteiger partial charge in [-0.05, 0) is 37.5 Å². The Morgan fingerprint density at radius 1 is 1.30 bits per heavy atom. The lowest BCUT2D eigenvalue weighted by molar-refractivity contribution is -0.190. The fourth-order valence-electron chi connectivity index (χ4n) is 5.42. The number of methoxy groups -OCH3 is 1. The molecule has 2 heterocycles. The van der Waals surface area contributed by atoms with Crippen molar-refractivity contribution in [3.63, 3.8) is 0 Å². The summed E-state index contributed by atoms with van der Waals surface area (Å²) in [6.07, 6.45) is 3.21. The second-order valence-corrected chi connectivity index (χ2v) is 11.3. The lowest BCUT2D eigenvalue weighted by atomic mass is 9.58. The van der Waals surface area contributed by atoms with Crippen molar-refractivity contribution in [2.75, 3.05) is 51.8 Å². The topological polar surface area (TPSA) is 114 Å². The molecular formula is C23H32N4O5S. The molecule has 2 saturated heterocycles. The van der Waals surface area contributed by atoms with Gasteiger partial charge in [-0.15, -0.1) is 0 Å².